The van der Waals surface area contributed by atoms with Crippen molar-refractivity contribution >= 4 is 17.4 Å². The van der Waals surface area contributed by atoms with Crippen LogP contribution in [0.5, 0.6) is 5.75 Å². The second kappa shape index (κ2) is 7.88. The van der Waals surface area contributed by atoms with E-state index < -0.39 is 0 Å². The van der Waals surface area contributed by atoms with Gasteiger partial charge in [0, 0.05) is 25.3 Å². The van der Waals surface area contributed by atoms with E-state index in [1.807, 2.05) is 18.2 Å². The van der Waals surface area contributed by atoms with Gasteiger partial charge in [0.05, 0.1) is 12.8 Å². The highest BCUT2D eigenvalue weighted by atomic mass is 19.1. The van der Waals surface area contributed by atoms with Gasteiger partial charge in [0.2, 0.25) is 0 Å². The number of hydrogen-bond acceptors (Lipinski definition) is 3. The van der Waals surface area contributed by atoms with E-state index in [2.05, 4.69) is 21.6 Å². The molecule has 2 aromatic carbocycles. The third-order valence-electron chi connectivity index (χ3n) is 4.37. The number of ether oxygens (including phenoxy) is 1. The van der Waals surface area contributed by atoms with Crippen LogP contribution in [-0.2, 0) is 0 Å². The van der Waals surface area contributed by atoms with E-state index in [-0.39, 0.29) is 11.8 Å². The molecule has 2 aromatic rings. The van der Waals surface area contributed by atoms with Gasteiger partial charge >= 0.3 is 6.03 Å². The number of halogens is 1. The summed E-state index contributed by atoms with van der Waals surface area (Å²) in [6.07, 6.45) is 1.01. The van der Waals surface area contributed by atoms with Crippen LogP contribution in [0.3, 0.4) is 0 Å². The fourth-order valence-corrected chi connectivity index (χ4v) is 3.05. The fourth-order valence-electron chi connectivity index (χ4n) is 3.05. The maximum absolute atomic E-state index is 12.9. The zero-order valence-electron chi connectivity index (χ0n) is 14.2. The second-order valence-electron chi connectivity index (χ2n) is 6.11. The van der Waals surface area contributed by atoms with Crippen LogP contribution < -0.4 is 20.3 Å². The maximum atomic E-state index is 12.9. The number of methoxy groups -OCH3 is 1. The lowest BCUT2D eigenvalue weighted by Gasteiger charge is -2.21. The smallest absolute Gasteiger partial charge is 0.319 e. The Kier molecular flexibility index (Phi) is 5.38. The van der Waals surface area contributed by atoms with Crippen molar-refractivity contribution in [2.45, 2.75) is 6.42 Å². The normalized spacial score (nSPS) is 16.6. The molecule has 1 atom stereocenters. The Hall–Kier alpha value is -2.76. The minimum absolute atomic E-state index is 0.276. The first-order valence-corrected chi connectivity index (χ1v) is 8.34. The lowest BCUT2D eigenvalue weighted by molar-refractivity contribution is 0.250. The average molecular weight is 343 g/mol. The van der Waals surface area contributed by atoms with Crippen molar-refractivity contribution in [3.63, 3.8) is 0 Å². The molecule has 5 nitrogen and oxygen atoms in total. The zero-order chi connectivity index (χ0) is 17.6. The zero-order valence-corrected chi connectivity index (χ0v) is 14.2. The van der Waals surface area contributed by atoms with Crippen LogP contribution in [0.25, 0.3) is 0 Å². The molecule has 3 rings (SSSR count). The molecule has 0 radical (unpaired) electrons. The Morgan fingerprint density at radius 2 is 2.00 bits per heavy atom. The molecule has 0 spiro atoms. The molecule has 2 N–H and O–H groups in total. The number of amides is 2. The summed E-state index contributed by atoms with van der Waals surface area (Å²) >= 11 is 0. The van der Waals surface area contributed by atoms with Crippen molar-refractivity contribution in [3.05, 3.63) is 54.3 Å². The molecule has 0 unspecified atom stereocenters. The van der Waals surface area contributed by atoms with E-state index in [4.69, 9.17) is 4.74 Å². The van der Waals surface area contributed by atoms with Gasteiger partial charge in [-0.3, -0.25) is 0 Å². The molecular weight excluding hydrogens is 321 g/mol. The number of rotatable bonds is 5. The molecule has 0 aliphatic carbocycles. The van der Waals surface area contributed by atoms with Crippen molar-refractivity contribution in [3.8, 4) is 5.75 Å². The van der Waals surface area contributed by atoms with E-state index in [0.29, 0.717) is 18.2 Å². The highest BCUT2D eigenvalue weighted by Crippen LogP contribution is 2.31. The molecule has 132 valence electrons. The lowest BCUT2D eigenvalue weighted by Crippen LogP contribution is -2.34. The number of hydrogen-bond donors (Lipinski definition) is 2. The van der Waals surface area contributed by atoms with Gasteiger partial charge in [-0.1, -0.05) is 12.1 Å². The van der Waals surface area contributed by atoms with Crippen LogP contribution in [0.15, 0.2) is 48.5 Å². The van der Waals surface area contributed by atoms with Gasteiger partial charge in [-0.05, 0) is 48.7 Å². The molecular formula is C19H22FN3O2. The Morgan fingerprint density at radius 1 is 1.24 bits per heavy atom. The van der Waals surface area contributed by atoms with Crippen LogP contribution >= 0.6 is 0 Å². The van der Waals surface area contributed by atoms with Crippen LogP contribution in [0.4, 0.5) is 20.6 Å². The van der Waals surface area contributed by atoms with Crippen molar-refractivity contribution < 1.29 is 13.9 Å². The maximum Gasteiger partial charge on any atom is 0.319 e. The quantitative estimate of drug-likeness (QED) is 0.874. The number of carbonyl (C=O) groups is 1. The summed E-state index contributed by atoms with van der Waals surface area (Å²) < 4.78 is 18.3. The first kappa shape index (κ1) is 17.1. The Morgan fingerprint density at radius 3 is 2.76 bits per heavy atom. The largest absolute Gasteiger partial charge is 0.495 e. The van der Waals surface area contributed by atoms with Crippen LogP contribution in [0.1, 0.15) is 6.42 Å². The topological polar surface area (TPSA) is 53.6 Å². The molecule has 1 aliphatic heterocycles. The molecule has 6 heteroatoms. The molecule has 1 fully saturated rings. The van der Waals surface area contributed by atoms with Gasteiger partial charge in [0.25, 0.3) is 0 Å². The third-order valence-corrected chi connectivity index (χ3v) is 4.37. The summed E-state index contributed by atoms with van der Waals surface area (Å²) in [6.45, 7) is 2.40. The van der Waals surface area contributed by atoms with Crippen LogP contribution in [0.2, 0.25) is 0 Å². The number of urea groups is 1. The standard InChI is InChI=1S/C19H22FN3O2/c1-25-18-5-3-2-4-17(18)23-11-10-14(13-23)12-21-19(24)22-16-8-6-15(20)7-9-16/h2-9,14H,10-13H2,1H3,(H2,21,22,24)/t14-/m1/s1. The lowest BCUT2D eigenvalue weighted by atomic mass is 10.1. The van der Waals surface area contributed by atoms with Crippen LogP contribution in [0, 0.1) is 11.7 Å². The molecule has 1 saturated heterocycles. The van der Waals surface area contributed by atoms with Gasteiger partial charge in [-0.2, -0.15) is 0 Å². The summed E-state index contributed by atoms with van der Waals surface area (Å²) in [5.74, 6) is 0.919. The SMILES string of the molecule is COc1ccccc1N1CC[C@H](CNC(=O)Nc2ccc(F)cc2)C1. The monoisotopic (exact) mass is 343 g/mol. The van der Waals surface area contributed by atoms with E-state index in [1.54, 1.807) is 7.11 Å². The number of nitrogens with zero attached hydrogens (tertiary/aromatic N) is 1. The van der Waals surface area contributed by atoms with E-state index >= 15 is 0 Å². The van der Waals surface area contributed by atoms with E-state index in [1.165, 1.54) is 24.3 Å². The number of para-hydroxylation sites is 2. The second-order valence-corrected chi connectivity index (χ2v) is 6.11. The van der Waals surface area contributed by atoms with Gasteiger partial charge in [0.15, 0.2) is 0 Å². The summed E-state index contributed by atoms with van der Waals surface area (Å²) in [6, 6.07) is 13.4. The molecule has 0 aromatic heterocycles. The number of carbonyl (C=O) groups excluding carboxylic acids is 1. The molecule has 0 bridgehead atoms. The molecule has 2 amide bonds. The Bertz CT molecular complexity index is 721. The molecule has 25 heavy (non-hydrogen) atoms. The first-order chi connectivity index (χ1) is 12.2. The fraction of sp³-hybridized carbons (Fsp3) is 0.316. The van der Waals surface area contributed by atoms with Crippen LogP contribution in [-0.4, -0.2) is 32.8 Å². The Balaban J connectivity index is 1.48. The summed E-state index contributed by atoms with van der Waals surface area (Å²) in [5.41, 5.74) is 1.66. The average Bonchev–Trinajstić information content (AvgIpc) is 3.11. The number of anilines is 2. The van der Waals surface area contributed by atoms with Gasteiger partial charge < -0.3 is 20.3 Å². The number of benzene rings is 2. The van der Waals surface area contributed by atoms with Crippen molar-refractivity contribution in [1.29, 1.82) is 0 Å². The molecule has 1 heterocycles. The Labute approximate surface area is 146 Å². The first-order valence-electron chi connectivity index (χ1n) is 8.34. The predicted molar refractivity (Wildman–Crippen MR) is 96.7 cm³/mol. The van der Waals surface area contributed by atoms with E-state index in [0.717, 1.165) is 30.9 Å². The highest BCUT2D eigenvalue weighted by molar-refractivity contribution is 5.89. The third kappa shape index (κ3) is 4.41. The molecule has 1 aliphatic rings. The molecule has 0 saturated carbocycles. The predicted octanol–water partition coefficient (Wildman–Crippen LogP) is 3.48. The van der Waals surface area contributed by atoms with E-state index in [9.17, 15) is 9.18 Å². The van der Waals surface area contributed by atoms with Gasteiger partial charge in [-0.25, -0.2) is 9.18 Å². The van der Waals surface area contributed by atoms with Gasteiger partial charge in [-0.15, -0.1) is 0 Å². The minimum Gasteiger partial charge on any atom is -0.495 e. The van der Waals surface area contributed by atoms with Crippen molar-refractivity contribution in [2.24, 2.45) is 5.92 Å². The number of nitrogens with one attached hydrogen (secondary N) is 2. The summed E-state index contributed by atoms with van der Waals surface area (Å²) in [5, 5.41) is 5.59. The highest BCUT2D eigenvalue weighted by Gasteiger charge is 2.24. The summed E-state index contributed by atoms with van der Waals surface area (Å²) in [7, 11) is 1.67. The summed E-state index contributed by atoms with van der Waals surface area (Å²) in [4.78, 5) is 14.2. The van der Waals surface area contributed by atoms with Crippen molar-refractivity contribution in [2.75, 3.05) is 37.0 Å². The van der Waals surface area contributed by atoms with Crippen molar-refractivity contribution in [1.82, 2.24) is 5.32 Å². The minimum atomic E-state index is -0.326. The van der Waals surface area contributed by atoms with Gasteiger partial charge in [0.1, 0.15) is 11.6 Å².